The van der Waals surface area contributed by atoms with Crippen molar-refractivity contribution in [3.63, 3.8) is 0 Å². The Hall–Kier alpha value is -0.550. The highest BCUT2D eigenvalue weighted by Gasteiger charge is 2.15. The van der Waals surface area contributed by atoms with E-state index in [1.807, 2.05) is 17.0 Å². The molecule has 1 atom stereocenters. The van der Waals surface area contributed by atoms with Gasteiger partial charge in [-0.1, -0.05) is 34.4 Å². The number of methoxy groups -OCH3 is 1. The minimum Gasteiger partial charge on any atom is -0.469 e. The van der Waals surface area contributed by atoms with Crippen LogP contribution in [0.25, 0.3) is 0 Å². The highest BCUT2D eigenvalue weighted by molar-refractivity contribution is 8.77. The van der Waals surface area contributed by atoms with Crippen LogP contribution in [0.1, 0.15) is 49.8 Å². The molecule has 21 heavy (non-hydrogen) atoms. The summed E-state index contributed by atoms with van der Waals surface area (Å²) in [6, 6.07) is 2.15. The molecule has 0 aromatic carbocycles. The zero-order valence-electron chi connectivity index (χ0n) is 12.7. The molecule has 118 valence electrons. The van der Waals surface area contributed by atoms with Crippen molar-refractivity contribution in [1.82, 2.24) is 4.98 Å². The van der Waals surface area contributed by atoms with Crippen molar-refractivity contribution in [2.45, 2.75) is 56.6 Å². The van der Waals surface area contributed by atoms with Crippen LogP contribution in [0.5, 0.6) is 0 Å². The minimum absolute atomic E-state index is 0.137. The monoisotopic (exact) mass is 327 g/mol. The number of hydrogen-bond donors (Lipinski definition) is 1. The second-order valence-corrected chi connectivity index (χ2v) is 8.27. The largest absolute Gasteiger partial charge is 0.469 e. The second kappa shape index (κ2) is 9.46. The molecule has 1 aromatic heterocycles. The molecule has 2 heterocycles. The molecule has 0 spiro atoms. The van der Waals surface area contributed by atoms with E-state index in [2.05, 4.69) is 21.8 Å². The fourth-order valence-electron chi connectivity index (χ4n) is 2.66. The van der Waals surface area contributed by atoms with Gasteiger partial charge in [0.1, 0.15) is 0 Å². The molecule has 1 aliphatic rings. The van der Waals surface area contributed by atoms with Crippen LogP contribution in [-0.4, -0.2) is 29.1 Å². The Morgan fingerprint density at radius 3 is 3.05 bits per heavy atom. The number of hydrogen-bond acceptors (Lipinski definition) is 4. The number of aromatic amines is 1. The summed E-state index contributed by atoms with van der Waals surface area (Å²) in [7, 11) is 5.55. The molecular formula is C16H25NO2S2. The standard InChI is InChI=1S/C16H25NO2S2/c1-19-16(18)8-7-15-13(9-11-17-15)5-3-2-4-6-14-10-12-20-21-14/h9,11,14,17H,2-8,10,12H2,1H3. The normalized spacial score (nSPS) is 18.0. The van der Waals surface area contributed by atoms with Crippen LogP contribution < -0.4 is 0 Å². The van der Waals surface area contributed by atoms with E-state index >= 15 is 0 Å². The molecule has 0 aliphatic carbocycles. The third-order valence-electron chi connectivity index (χ3n) is 3.94. The SMILES string of the molecule is COC(=O)CCc1[nH]ccc1CCCCCC1CCSS1. The molecule has 5 heteroatoms. The summed E-state index contributed by atoms with van der Waals surface area (Å²) >= 11 is 0. The molecule has 1 aromatic rings. The van der Waals surface area contributed by atoms with E-state index < -0.39 is 0 Å². The van der Waals surface area contributed by atoms with E-state index in [9.17, 15) is 4.79 Å². The van der Waals surface area contributed by atoms with Crippen molar-refractivity contribution < 1.29 is 9.53 Å². The zero-order chi connectivity index (χ0) is 14.9. The first-order valence-corrected chi connectivity index (χ1v) is 10.2. The van der Waals surface area contributed by atoms with Gasteiger partial charge in [0, 0.05) is 22.9 Å². The topological polar surface area (TPSA) is 42.1 Å². The lowest BCUT2D eigenvalue weighted by molar-refractivity contribution is -0.140. The number of carbonyl (C=O) groups is 1. The fraction of sp³-hybridized carbons (Fsp3) is 0.688. The predicted octanol–water partition coefficient (Wildman–Crippen LogP) is 4.38. The van der Waals surface area contributed by atoms with Crippen LogP contribution in [0, 0.1) is 0 Å². The fourth-order valence-corrected chi connectivity index (χ4v) is 5.69. The van der Waals surface area contributed by atoms with Gasteiger partial charge in [-0.3, -0.25) is 4.79 Å². The Morgan fingerprint density at radius 1 is 1.38 bits per heavy atom. The zero-order valence-corrected chi connectivity index (χ0v) is 14.4. The number of nitrogens with one attached hydrogen (secondary N) is 1. The second-order valence-electron chi connectivity index (χ2n) is 5.49. The number of esters is 1. The third kappa shape index (κ3) is 5.99. The molecule has 0 saturated carbocycles. The molecule has 1 fully saturated rings. The number of aromatic nitrogens is 1. The Morgan fingerprint density at radius 2 is 2.29 bits per heavy atom. The van der Waals surface area contributed by atoms with Gasteiger partial charge < -0.3 is 9.72 Å². The summed E-state index contributed by atoms with van der Waals surface area (Å²) in [5, 5.41) is 0.901. The molecule has 1 saturated heterocycles. The van der Waals surface area contributed by atoms with Crippen molar-refractivity contribution in [3.8, 4) is 0 Å². The number of rotatable bonds is 9. The summed E-state index contributed by atoms with van der Waals surface area (Å²) in [6.45, 7) is 0. The van der Waals surface area contributed by atoms with E-state index in [0.717, 1.165) is 18.1 Å². The summed E-state index contributed by atoms with van der Waals surface area (Å²) in [6.07, 6.45) is 11.0. The summed E-state index contributed by atoms with van der Waals surface area (Å²) < 4.78 is 4.69. The van der Waals surface area contributed by atoms with Crippen molar-refractivity contribution in [3.05, 3.63) is 23.5 Å². The molecule has 0 amide bonds. The highest BCUT2D eigenvalue weighted by Crippen LogP contribution is 2.39. The number of aryl methyl sites for hydroxylation is 2. The Kier molecular flexibility index (Phi) is 7.58. The summed E-state index contributed by atoms with van der Waals surface area (Å²) in [5.74, 6) is 1.20. The van der Waals surface area contributed by atoms with Gasteiger partial charge in [0.2, 0.25) is 0 Å². The van der Waals surface area contributed by atoms with Gasteiger partial charge in [-0.15, -0.1) is 0 Å². The molecule has 1 unspecified atom stereocenters. The van der Waals surface area contributed by atoms with E-state index in [1.54, 1.807) is 0 Å². The Balaban J connectivity index is 1.61. The van der Waals surface area contributed by atoms with Crippen LogP contribution >= 0.6 is 21.6 Å². The van der Waals surface area contributed by atoms with Crippen LogP contribution in [0.15, 0.2) is 12.3 Å². The van der Waals surface area contributed by atoms with Crippen LogP contribution in [0.2, 0.25) is 0 Å². The van der Waals surface area contributed by atoms with Crippen LogP contribution in [0.3, 0.4) is 0 Å². The quantitative estimate of drug-likeness (QED) is 0.415. The maximum Gasteiger partial charge on any atom is 0.305 e. The summed E-state index contributed by atoms with van der Waals surface area (Å²) in [5.41, 5.74) is 2.56. The minimum atomic E-state index is -0.137. The maximum atomic E-state index is 11.2. The molecule has 1 aliphatic heterocycles. The smallest absolute Gasteiger partial charge is 0.305 e. The molecular weight excluding hydrogens is 302 g/mol. The number of H-pyrrole nitrogens is 1. The predicted molar refractivity (Wildman–Crippen MR) is 91.8 cm³/mol. The lowest BCUT2D eigenvalue weighted by Gasteiger charge is -2.07. The van der Waals surface area contributed by atoms with Gasteiger partial charge in [0.15, 0.2) is 0 Å². The highest BCUT2D eigenvalue weighted by atomic mass is 33.1. The van der Waals surface area contributed by atoms with Gasteiger partial charge >= 0.3 is 5.97 Å². The van der Waals surface area contributed by atoms with Gasteiger partial charge in [-0.2, -0.15) is 0 Å². The first-order chi connectivity index (χ1) is 10.3. The molecule has 0 radical (unpaired) electrons. The summed E-state index contributed by atoms with van der Waals surface area (Å²) in [4.78, 5) is 14.5. The average molecular weight is 328 g/mol. The molecule has 2 rings (SSSR count). The van der Waals surface area contributed by atoms with Gasteiger partial charge in [-0.05, 0) is 43.7 Å². The van der Waals surface area contributed by atoms with Crippen molar-refractivity contribution in [2.75, 3.05) is 12.9 Å². The molecule has 3 nitrogen and oxygen atoms in total. The van der Waals surface area contributed by atoms with E-state index in [1.165, 1.54) is 56.2 Å². The van der Waals surface area contributed by atoms with E-state index in [0.29, 0.717) is 6.42 Å². The number of unbranched alkanes of at least 4 members (excludes halogenated alkanes) is 2. The van der Waals surface area contributed by atoms with Gasteiger partial charge in [-0.25, -0.2) is 0 Å². The molecule has 0 bridgehead atoms. The van der Waals surface area contributed by atoms with Crippen molar-refractivity contribution in [2.24, 2.45) is 0 Å². The maximum absolute atomic E-state index is 11.2. The number of carbonyl (C=O) groups excluding carboxylic acids is 1. The lowest BCUT2D eigenvalue weighted by atomic mass is 10.0. The van der Waals surface area contributed by atoms with Crippen LogP contribution in [0.4, 0.5) is 0 Å². The molecule has 1 N–H and O–H groups in total. The van der Waals surface area contributed by atoms with E-state index in [4.69, 9.17) is 4.74 Å². The van der Waals surface area contributed by atoms with Gasteiger partial charge in [0.05, 0.1) is 13.5 Å². The average Bonchev–Trinajstić information content (AvgIpc) is 3.16. The van der Waals surface area contributed by atoms with E-state index in [-0.39, 0.29) is 5.97 Å². The van der Waals surface area contributed by atoms with Crippen molar-refractivity contribution >= 4 is 27.6 Å². The first-order valence-electron chi connectivity index (χ1n) is 7.80. The number of ether oxygens (including phenoxy) is 1. The van der Waals surface area contributed by atoms with Crippen LogP contribution in [-0.2, 0) is 22.4 Å². The van der Waals surface area contributed by atoms with Crippen molar-refractivity contribution in [1.29, 1.82) is 0 Å². The third-order valence-corrected chi connectivity index (χ3v) is 6.94. The Labute approximate surface area is 135 Å². The first kappa shape index (κ1) is 16.8. The lowest BCUT2D eigenvalue weighted by Crippen LogP contribution is -2.03. The van der Waals surface area contributed by atoms with Gasteiger partial charge in [0.25, 0.3) is 0 Å². The Bertz CT molecular complexity index is 428.